The summed E-state index contributed by atoms with van der Waals surface area (Å²) in [4.78, 5) is 0. The lowest BCUT2D eigenvalue weighted by Crippen LogP contribution is -2.58. The minimum Gasteiger partial charge on any atom is -0.0794 e. The summed E-state index contributed by atoms with van der Waals surface area (Å²) in [5, 5.41) is 3.06. The summed E-state index contributed by atoms with van der Waals surface area (Å²) >= 11 is 0. The highest BCUT2D eigenvalue weighted by Crippen LogP contribution is 2.37. The Labute approximate surface area is 135 Å². The van der Waals surface area contributed by atoms with E-state index in [0.717, 1.165) is 0 Å². The predicted molar refractivity (Wildman–Crippen MR) is 99.7 cm³/mol. The molecule has 0 fully saturated rings. The van der Waals surface area contributed by atoms with Crippen LogP contribution in [0.1, 0.15) is 19.8 Å². The summed E-state index contributed by atoms with van der Waals surface area (Å²) in [5.41, 5.74) is 2.20. The van der Waals surface area contributed by atoms with Gasteiger partial charge in [-0.1, -0.05) is 115 Å². The molecule has 1 unspecified atom stereocenters. The van der Waals surface area contributed by atoms with Gasteiger partial charge in [-0.2, -0.15) is 0 Å². The van der Waals surface area contributed by atoms with E-state index >= 15 is 0 Å². The van der Waals surface area contributed by atoms with Crippen molar-refractivity contribution >= 4 is 18.4 Å². The van der Waals surface area contributed by atoms with Crippen LogP contribution in [0.4, 0.5) is 0 Å². The minimum absolute atomic E-state index is 0.581. The van der Waals surface area contributed by atoms with Crippen LogP contribution in [0.25, 0.3) is 0 Å². The Bertz CT molecular complexity index is 628. The van der Waals surface area contributed by atoms with Crippen molar-refractivity contribution in [1.82, 2.24) is 0 Å². The lowest BCUT2D eigenvalue weighted by atomic mass is 10.1. The second kappa shape index (κ2) is 6.49. The lowest BCUT2D eigenvalue weighted by Gasteiger charge is -2.36. The molecule has 0 aromatic heterocycles. The van der Waals surface area contributed by atoms with Gasteiger partial charge >= 0.3 is 0 Å². The van der Waals surface area contributed by atoms with E-state index in [1.54, 1.807) is 5.57 Å². The molecule has 1 heteroatoms. The monoisotopic (exact) mass is 304 g/mol. The van der Waals surface area contributed by atoms with Gasteiger partial charge in [-0.05, 0) is 6.42 Å². The summed E-state index contributed by atoms with van der Waals surface area (Å²) in [6, 6.07) is 22.3. The fourth-order valence-corrected chi connectivity index (χ4v) is 8.00. The molecular weight excluding hydrogens is 280 g/mol. The zero-order valence-electron chi connectivity index (χ0n) is 13.5. The Hall–Kier alpha value is -1.86. The quantitative estimate of drug-likeness (QED) is 0.711. The molecule has 0 nitrogen and oxygen atoms in total. The first kappa shape index (κ1) is 15.0. The number of rotatable bonds is 5. The Morgan fingerprint density at radius 2 is 1.41 bits per heavy atom. The van der Waals surface area contributed by atoms with Crippen molar-refractivity contribution in [3.05, 3.63) is 84.5 Å². The van der Waals surface area contributed by atoms with Gasteiger partial charge in [0.1, 0.15) is 8.07 Å². The zero-order valence-corrected chi connectivity index (χ0v) is 14.5. The van der Waals surface area contributed by atoms with Crippen LogP contribution in [0, 0.1) is 0 Å². The van der Waals surface area contributed by atoms with Crippen molar-refractivity contribution in [2.75, 3.05) is 0 Å². The number of allylic oxidation sites excluding steroid dienone is 4. The van der Waals surface area contributed by atoms with Crippen molar-refractivity contribution in [2.24, 2.45) is 0 Å². The zero-order chi connectivity index (χ0) is 15.4. The first-order chi connectivity index (χ1) is 10.8. The van der Waals surface area contributed by atoms with Gasteiger partial charge in [0.05, 0.1) is 0 Å². The van der Waals surface area contributed by atoms with E-state index < -0.39 is 8.07 Å². The number of benzene rings is 2. The number of hydrogen-bond donors (Lipinski definition) is 0. The average Bonchev–Trinajstić information content (AvgIpc) is 3.05. The van der Waals surface area contributed by atoms with E-state index in [0.29, 0.717) is 5.54 Å². The third kappa shape index (κ3) is 2.61. The molecular formula is C21H24Si. The Kier molecular flexibility index (Phi) is 4.44. The van der Waals surface area contributed by atoms with E-state index in [2.05, 4.69) is 92.4 Å². The molecule has 2 aromatic rings. The standard InChI is InChI=1S/C21H24Si/c1-3-11-18-12-10-17-21(18)22(2,19-13-6-4-7-14-19)20-15-8-5-9-16-20/h4-10,12-17,21H,3,11H2,1-2H3. The van der Waals surface area contributed by atoms with Crippen LogP contribution in [-0.2, 0) is 0 Å². The van der Waals surface area contributed by atoms with E-state index in [9.17, 15) is 0 Å². The molecule has 0 radical (unpaired) electrons. The van der Waals surface area contributed by atoms with Gasteiger partial charge in [-0.15, -0.1) is 0 Å². The van der Waals surface area contributed by atoms with Crippen LogP contribution in [0.5, 0.6) is 0 Å². The van der Waals surface area contributed by atoms with E-state index in [4.69, 9.17) is 0 Å². The molecule has 112 valence electrons. The van der Waals surface area contributed by atoms with Gasteiger partial charge in [0.25, 0.3) is 0 Å². The molecule has 0 heterocycles. The fourth-order valence-electron chi connectivity index (χ4n) is 3.70. The second-order valence-electron chi connectivity index (χ2n) is 6.29. The molecule has 3 rings (SSSR count). The summed E-state index contributed by atoms with van der Waals surface area (Å²) < 4.78 is 0. The second-order valence-corrected chi connectivity index (χ2v) is 10.5. The third-order valence-electron chi connectivity index (χ3n) is 4.92. The van der Waals surface area contributed by atoms with Crippen molar-refractivity contribution in [2.45, 2.75) is 31.9 Å². The maximum Gasteiger partial charge on any atom is 0.125 e. The first-order valence-electron chi connectivity index (χ1n) is 8.25. The molecule has 1 atom stereocenters. The third-order valence-corrected chi connectivity index (χ3v) is 9.79. The maximum absolute atomic E-state index is 2.53. The Balaban J connectivity index is 2.12. The van der Waals surface area contributed by atoms with Gasteiger partial charge in [0, 0.05) is 5.54 Å². The molecule has 0 bridgehead atoms. The van der Waals surface area contributed by atoms with Gasteiger partial charge in [0.2, 0.25) is 0 Å². The number of hydrogen-bond acceptors (Lipinski definition) is 0. The summed E-state index contributed by atoms with van der Waals surface area (Å²) in [5.74, 6) is 0. The Morgan fingerprint density at radius 3 is 1.91 bits per heavy atom. The molecule has 0 saturated heterocycles. The molecule has 0 N–H and O–H groups in total. The molecule has 2 aromatic carbocycles. The highest BCUT2D eigenvalue weighted by molar-refractivity contribution is 7.03. The van der Waals surface area contributed by atoms with Gasteiger partial charge < -0.3 is 0 Å². The Morgan fingerprint density at radius 1 is 0.864 bits per heavy atom. The van der Waals surface area contributed by atoms with E-state index in [-0.39, 0.29) is 0 Å². The largest absolute Gasteiger partial charge is 0.125 e. The molecule has 0 aliphatic heterocycles. The van der Waals surface area contributed by atoms with Gasteiger partial charge in [0.15, 0.2) is 0 Å². The van der Waals surface area contributed by atoms with Crippen LogP contribution in [-0.4, -0.2) is 8.07 Å². The van der Waals surface area contributed by atoms with Crippen LogP contribution in [0.2, 0.25) is 12.1 Å². The van der Waals surface area contributed by atoms with Crippen LogP contribution < -0.4 is 10.4 Å². The SMILES string of the molecule is CCCC1=CC=CC1[Si](C)(c1ccccc1)c1ccccc1. The lowest BCUT2D eigenvalue weighted by molar-refractivity contribution is 0.879. The molecule has 22 heavy (non-hydrogen) atoms. The highest BCUT2D eigenvalue weighted by atomic mass is 28.3. The van der Waals surface area contributed by atoms with Gasteiger partial charge in [-0.3, -0.25) is 0 Å². The molecule has 1 aliphatic carbocycles. The van der Waals surface area contributed by atoms with Crippen molar-refractivity contribution in [1.29, 1.82) is 0 Å². The first-order valence-corrected chi connectivity index (χ1v) is 10.8. The summed E-state index contributed by atoms with van der Waals surface area (Å²) in [6.45, 7) is 4.81. The summed E-state index contributed by atoms with van der Waals surface area (Å²) in [6.07, 6.45) is 9.49. The normalized spacial score (nSPS) is 17.5. The summed E-state index contributed by atoms with van der Waals surface area (Å²) in [7, 11) is -1.82. The van der Waals surface area contributed by atoms with Crippen molar-refractivity contribution in [3.63, 3.8) is 0 Å². The predicted octanol–water partition coefficient (Wildman–Crippen LogP) is 4.55. The fraction of sp³-hybridized carbons (Fsp3) is 0.238. The highest BCUT2D eigenvalue weighted by Gasteiger charge is 2.41. The molecule has 0 saturated carbocycles. The van der Waals surface area contributed by atoms with Crippen molar-refractivity contribution in [3.8, 4) is 0 Å². The van der Waals surface area contributed by atoms with E-state index in [1.807, 2.05) is 0 Å². The topological polar surface area (TPSA) is 0 Å². The minimum atomic E-state index is -1.82. The molecule has 0 spiro atoms. The van der Waals surface area contributed by atoms with Crippen molar-refractivity contribution < 1.29 is 0 Å². The van der Waals surface area contributed by atoms with Gasteiger partial charge in [-0.25, -0.2) is 0 Å². The average molecular weight is 305 g/mol. The van der Waals surface area contributed by atoms with Crippen LogP contribution >= 0.6 is 0 Å². The van der Waals surface area contributed by atoms with E-state index in [1.165, 1.54) is 23.2 Å². The maximum atomic E-state index is 2.53. The molecule has 1 aliphatic rings. The van der Waals surface area contributed by atoms with Crippen LogP contribution in [0.15, 0.2) is 84.5 Å². The van der Waals surface area contributed by atoms with Crippen LogP contribution in [0.3, 0.4) is 0 Å². The smallest absolute Gasteiger partial charge is 0.0794 e. The molecule has 0 amide bonds.